The molecule has 1 atom stereocenters. The van der Waals surface area contributed by atoms with Gasteiger partial charge in [-0.3, -0.25) is 14.5 Å². The highest BCUT2D eigenvalue weighted by Crippen LogP contribution is 2.29. The van der Waals surface area contributed by atoms with E-state index in [2.05, 4.69) is 9.88 Å². The second-order valence-electron chi connectivity index (χ2n) is 8.65. The predicted octanol–water partition coefficient (Wildman–Crippen LogP) is 2.56. The quantitative estimate of drug-likeness (QED) is 0.778. The molecule has 3 saturated heterocycles. The molecule has 0 N–H and O–H groups in total. The van der Waals surface area contributed by atoms with Gasteiger partial charge >= 0.3 is 0 Å². The Labute approximate surface area is 173 Å². The maximum absolute atomic E-state index is 12.9. The smallest absolute Gasteiger partial charge is 0.257 e. The highest BCUT2D eigenvalue weighted by Gasteiger charge is 2.30. The molecule has 3 aliphatic rings. The van der Waals surface area contributed by atoms with Gasteiger partial charge in [-0.05, 0) is 58.4 Å². The molecule has 0 saturated carbocycles. The fourth-order valence-electron chi connectivity index (χ4n) is 4.84. The minimum atomic E-state index is 0.0541. The number of rotatable bonds is 4. The molecule has 0 spiro atoms. The van der Waals surface area contributed by atoms with Gasteiger partial charge in [-0.15, -0.1) is 0 Å². The topological polar surface area (TPSA) is 69.6 Å². The summed E-state index contributed by atoms with van der Waals surface area (Å²) < 4.78 is 0. The Kier molecular flexibility index (Phi) is 6.43. The molecule has 4 rings (SSSR count). The van der Waals surface area contributed by atoms with Gasteiger partial charge in [-0.1, -0.05) is 6.42 Å². The standard InChI is InChI=1S/C22H33N5O2/c1-17-18(22(29)26-12-4-2-5-13-26)15-23-21(24-17)19-9-3-6-14-27(19)16-20(28)25-10-7-8-11-25/h15,19H,2-14,16H2,1H3/t19-/m0/s1. The molecule has 0 bridgehead atoms. The summed E-state index contributed by atoms with van der Waals surface area (Å²) in [5.74, 6) is 1.04. The molecule has 3 fully saturated rings. The van der Waals surface area contributed by atoms with E-state index in [0.717, 1.165) is 89.2 Å². The van der Waals surface area contributed by atoms with Crippen LogP contribution in [-0.4, -0.2) is 75.8 Å². The van der Waals surface area contributed by atoms with Gasteiger partial charge in [-0.25, -0.2) is 9.97 Å². The lowest BCUT2D eigenvalue weighted by Crippen LogP contribution is -2.43. The molecule has 2 amide bonds. The number of aromatic nitrogens is 2. The Balaban J connectivity index is 1.47. The first-order valence-electron chi connectivity index (χ1n) is 11.3. The number of carbonyl (C=O) groups is 2. The summed E-state index contributed by atoms with van der Waals surface area (Å²) in [6, 6.07) is 0.0631. The van der Waals surface area contributed by atoms with Crippen LogP contribution < -0.4 is 0 Å². The third kappa shape index (κ3) is 4.60. The lowest BCUT2D eigenvalue weighted by molar-refractivity contribution is -0.132. The number of aryl methyl sites for hydroxylation is 1. The molecule has 7 heteroatoms. The van der Waals surface area contributed by atoms with Crippen molar-refractivity contribution in [3.05, 3.63) is 23.3 Å². The first-order valence-corrected chi connectivity index (χ1v) is 11.3. The number of hydrogen-bond acceptors (Lipinski definition) is 5. The van der Waals surface area contributed by atoms with Crippen molar-refractivity contribution in [2.75, 3.05) is 39.3 Å². The lowest BCUT2D eigenvalue weighted by atomic mass is 10.0. The van der Waals surface area contributed by atoms with Crippen molar-refractivity contribution < 1.29 is 9.59 Å². The minimum absolute atomic E-state index is 0.0541. The van der Waals surface area contributed by atoms with Crippen LogP contribution >= 0.6 is 0 Å². The van der Waals surface area contributed by atoms with Gasteiger partial charge in [-0.2, -0.15) is 0 Å². The summed E-state index contributed by atoms with van der Waals surface area (Å²) in [5.41, 5.74) is 1.37. The molecule has 158 valence electrons. The number of piperidine rings is 2. The van der Waals surface area contributed by atoms with Crippen molar-refractivity contribution in [1.82, 2.24) is 24.7 Å². The molecule has 7 nitrogen and oxygen atoms in total. The second kappa shape index (κ2) is 9.20. The van der Waals surface area contributed by atoms with Crippen LogP contribution in [-0.2, 0) is 4.79 Å². The number of nitrogens with zero attached hydrogens (tertiary/aromatic N) is 5. The van der Waals surface area contributed by atoms with Gasteiger partial charge in [0.1, 0.15) is 5.82 Å². The molecule has 4 heterocycles. The second-order valence-corrected chi connectivity index (χ2v) is 8.65. The first-order chi connectivity index (χ1) is 14.1. The van der Waals surface area contributed by atoms with Gasteiger partial charge in [0.25, 0.3) is 5.91 Å². The molecule has 0 radical (unpaired) electrons. The molecule has 1 aromatic rings. The SMILES string of the molecule is Cc1nc([C@@H]2CCCCN2CC(=O)N2CCCC2)ncc1C(=O)N1CCCCC1. The average Bonchev–Trinajstić information content (AvgIpc) is 3.29. The zero-order chi connectivity index (χ0) is 20.2. The lowest BCUT2D eigenvalue weighted by Gasteiger charge is -2.35. The first kappa shape index (κ1) is 20.3. The molecule has 29 heavy (non-hydrogen) atoms. The third-order valence-electron chi connectivity index (χ3n) is 6.58. The molecule has 0 aliphatic carbocycles. The normalized spacial score (nSPS) is 23.4. The van der Waals surface area contributed by atoms with Crippen molar-refractivity contribution in [3.8, 4) is 0 Å². The average molecular weight is 400 g/mol. The van der Waals surface area contributed by atoms with E-state index in [9.17, 15) is 9.59 Å². The van der Waals surface area contributed by atoms with Crippen LogP contribution in [0.4, 0.5) is 0 Å². The summed E-state index contributed by atoms with van der Waals surface area (Å²) in [6.45, 7) is 6.69. The Morgan fingerprint density at radius 2 is 1.59 bits per heavy atom. The predicted molar refractivity (Wildman–Crippen MR) is 111 cm³/mol. The van der Waals surface area contributed by atoms with E-state index >= 15 is 0 Å². The van der Waals surface area contributed by atoms with Crippen molar-refractivity contribution in [1.29, 1.82) is 0 Å². The molecule has 3 aliphatic heterocycles. The van der Waals surface area contributed by atoms with E-state index in [0.29, 0.717) is 12.1 Å². The summed E-state index contributed by atoms with van der Waals surface area (Å²) in [4.78, 5) is 41.0. The van der Waals surface area contributed by atoms with E-state index in [1.165, 1.54) is 6.42 Å². The summed E-state index contributed by atoms with van der Waals surface area (Å²) in [5, 5.41) is 0. The van der Waals surface area contributed by atoms with E-state index in [1.807, 2.05) is 16.7 Å². The van der Waals surface area contributed by atoms with E-state index in [1.54, 1.807) is 6.20 Å². The van der Waals surface area contributed by atoms with Crippen molar-refractivity contribution in [2.45, 2.75) is 64.3 Å². The fraction of sp³-hybridized carbons (Fsp3) is 0.727. The van der Waals surface area contributed by atoms with Crippen molar-refractivity contribution in [2.24, 2.45) is 0 Å². The molecular formula is C22H33N5O2. The summed E-state index contributed by atoms with van der Waals surface area (Å²) in [7, 11) is 0. The monoisotopic (exact) mass is 399 g/mol. The summed E-state index contributed by atoms with van der Waals surface area (Å²) in [6.07, 6.45) is 10.5. The van der Waals surface area contributed by atoms with Crippen LogP contribution in [0.15, 0.2) is 6.20 Å². The summed E-state index contributed by atoms with van der Waals surface area (Å²) >= 11 is 0. The van der Waals surface area contributed by atoms with Gasteiger partial charge in [0.05, 0.1) is 23.8 Å². The van der Waals surface area contributed by atoms with Gasteiger partial charge < -0.3 is 9.80 Å². The highest BCUT2D eigenvalue weighted by molar-refractivity contribution is 5.95. The maximum atomic E-state index is 12.9. The largest absolute Gasteiger partial charge is 0.342 e. The van der Waals surface area contributed by atoms with E-state index in [4.69, 9.17) is 4.98 Å². The zero-order valence-electron chi connectivity index (χ0n) is 17.6. The van der Waals surface area contributed by atoms with Crippen LogP contribution in [0.3, 0.4) is 0 Å². The maximum Gasteiger partial charge on any atom is 0.257 e. The molecular weight excluding hydrogens is 366 g/mol. The molecule has 0 unspecified atom stereocenters. The van der Waals surface area contributed by atoms with Crippen LogP contribution in [0.5, 0.6) is 0 Å². The van der Waals surface area contributed by atoms with Crippen LogP contribution in [0, 0.1) is 6.92 Å². The van der Waals surface area contributed by atoms with Crippen molar-refractivity contribution in [3.63, 3.8) is 0 Å². The Morgan fingerprint density at radius 3 is 2.31 bits per heavy atom. The molecule has 0 aromatic carbocycles. The number of carbonyl (C=O) groups excluding carboxylic acids is 2. The Bertz CT molecular complexity index is 741. The Morgan fingerprint density at radius 1 is 0.931 bits per heavy atom. The van der Waals surface area contributed by atoms with Crippen LogP contribution in [0.1, 0.15) is 79.3 Å². The third-order valence-corrected chi connectivity index (χ3v) is 6.58. The number of hydrogen-bond donors (Lipinski definition) is 0. The van der Waals surface area contributed by atoms with Gasteiger partial charge in [0.2, 0.25) is 5.91 Å². The van der Waals surface area contributed by atoms with E-state index in [-0.39, 0.29) is 17.9 Å². The minimum Gasteiger partial charge on any atom is -0.342 e. The van der Waals surface area contributed by atoms with Crippen LogP contribution in [0.25, 0.3) is 0 Å². The fourth-order valence-corrected chi connectivity index (χ4v) is 4.84. The Hall–Kier alpha value is -2.02. The van der Waals surface area contributed by atoms with Crippen molar-refractivity contribution >= 4 is 11.8 Å². The highest BCUT2D eigenvalue weighted by atomic mass is 16.2. The number of likely N-dealkylation sites (tertiary alicyclic amines) is 3. The zero-order valence-corrected chi connectivity index (χ0v) is 17.6. The van der Waals surface area contributed by atoms with Gasteiger partial charge in [0, 0.05) is 32.4 Å². The van der Waals surface area contributed by atoms with Crippen LogP contribution in [0.2, 0.25) is 0 Å². The van der Waals surface area contributed by atoms with Gasteiger partial charge in [0.15, 0.2) is 0 Å². The number of amides is 2. The van der Waals surface area contributed by atoms with E-state index < -0.39 is 0 Å². The molecule has 1 aromatic heterocycles.